The summed E-state index contributed by atoms with van der Waals surface area (Å²) in [6.45, 7) is 7.60. The van der Waals surface area contributed by atoms with Crippen LogP contribution in [0, 0.1) is 0 Å². The number of carboxylic acids is 1. The maximum Gasteiger partial charge on any atom is 0.323 e. The number of nitrogens with zero attached hydrogens (tertiary/aromatic N) is 3. The third-order valence-corrected chi connectivity index (χ3v) is 2.88. The van der Waals surface area contributed by atoms with Crippen LogP contribution in [0.2, 0.25) is 0 Å². The molecule has 0 aliphatic carbocycles. The first kappa shape index (κ1) is 12.7. The van der Waals surface area contributed by atoms with Crippen molar-refractivity contribution in [2.45, 2.75) is 32.9 Å². The zero-order valence-corrected chi connectivity index (χ0v) is 10.1. The van der Waals surface area contributed by atoms with Crippen LogP contribution in [0.25, 0.3) is 0 Å². The van der Waals surface area contributed by atoms with E-state index in [-0.39, 0.29) is 0 Å². The van der Waals surface area contributed by atoms with E-state index in [0.29, 0.717) is 13.1 Å². The van der Waals surface area contributed by atoms with Crippen LogP contribution in [0.15, 0.2) is 18.7 Å². The topological polar surface area (TPSA) is 58.4 Å². The van der Waals surface area contributed by atoms with E-state index in [4.69, 9.17) is 5.11 Å². The largest absolute Gasteiger partial charge is 0.480 e. The average molecular weight is 225 g/mol. The summed E-state index contributed by atoms with van der Waals surface area (Å²) in [6, 6.07) is 0. The van der Waals surface area contributed by atoms with Crippen molar-refractivity contribution < 1.29 is 9.90 Å². The van der Waals surface area contributed by atoms with Crippen LogP contribution in [0.1, 0.15) is 20.8 Å². The van der Waals surface area contributed by atoms with Crippen molar-refractivity contribution >= 4 is 5.97 Å². The van der Waals surface area contributed by atoms with Gasteiger partial charge in [-0.2, -0.15) is 0 Å². The number of aliphatic carboxylic acids is 1. The summed E-state index contributed by atoms with van der Waals surface area (Å²) in [5, 5.41) is 9.14. The van der Waals surface area contributed by atoms with E-state index in [9.17, 15) is 4.79 Å². The van der Waals surface area contributed by atoms with E-state index in [2.05, 4.69) is 4.98 Å². The summed E-state index contributed by atoms with van der Waals surface area (Å²) in [4.78, 5) is 17.0. The van der Waals surface area contributed by atoms with Gasteiger partial charge in [0.2, 0.25) is 0 Å². The number of carbonyl (C=O) groups is 1. The number of likely N-dealkylation sites (N-methyl/N-ethyl adjacent to an activating group) is 1. The van der Waals surface area contributed by atoms with E-state index >= 15 is 0 Å². The molecule has 0 aliphatic rings. The van der Waals surface area contributed by atoms with Gasteiger partial charge in [0.25, 0.3) is 0 Å². The quantitative estimate of drug-likeness (QED) is 0.786. The molecule has 0 aromatic carbocycles. The molecule has 0 saturated heterocycles. The number of imidazole rings is 1. The first-order valence-electron chi connectivity index (χ1n) is 5.42. The monoisotopic (exact) mass is 225 g/mol. The summed E-state index contributed by atoms with van der Waals surface area (Å²) >= 11 is 0. The standard InChI is InChI=1S/C11H19N3O2/c1-4-14(11(2,3)10(15)16)8-7-13-6-5-12-9-13/h5-6,9H,4,7-8H2,1-3H3,(H,15,16). The minimum atomic E-state index is -0.824. The van der Waals surface area contributed by atoms with Gasteiger partial charge in [0, 0.05) is 25.5 Å². The highest BCUT2D eigenvalue weighted by atomic mass is 16.4. The Morgan fingerprint density at radius 1 is 1.56 bits per heavy atom. The predicted molar refractivity (Wildman–Crippen MR) is 61.2 cm³/mol. The van der Waals surface area contributed by atoms with Crippen LogP contribution in [0.5, 0.6) is 0 Å². The molecular weight excluding hydrogens is 206 g/mol. The van der Waals surface area contributed by atoms with Crippen LogP contribution in [0.3, 0.4) is 0 Å². The highest BCUT2D eigenvalue weighted by molar-refractivity contribution is 5.77. The van der Waals surface area contributed by atoms with Crippen LogP contribution >= 0.6 is 0 Å². The number of aromatic nitrogens is 2. The molecule has 1 heterocycles. The molecule has 0 atom stereocenters. The summed E-state index contributed by atoms with van der Waals surface area (Å²) < 4.78 is 1.95. The molecule has 0 aliphatic heterocycles. The molecule has 0 bridgehead atoms. The second-order valence-electron chi connectivity index (χ2n) is 4.24. The van der Waals surface area contributed by atoms with Crippen molar-refractivity contribution in [1.29, 1.82) is 0 Å². The van der Waals surface area contributed by atoms with Crippen molar-refractivity contribution in [3.8, 4) is 0 Å². The minimum absolute atomic E-state index is 0.701. The second kappa shape index (κ2) is 5.12. The van der Waals surface area contributed by atoms with Gasteiger partial charge in [0.1, 0.15) is 5.54 Å². The maximum atomic E-state index is 11.1. The molecule has 0 unspecified atom stereocenters. The van der Waals surface area contributed by atoms with Gasteiger partial charge in [-0.15, -0.1) is 0 Å². The molecule has 1 N–H and O–H groups in total. The highest BCUT2D eigenvalue weighted by Crippen LogP contribution is 2.14. The van der Waals surface area contributed by atoms with Gasteiger partial charge in [0.05, 0.1) is 6.33 Å². The Bertz CT molecular complexity index is 333. The zero-order chi connectivity index (χ0) is 12.2. The van der Waals surface area contributed by atoms with Gasteiger partial charge >= 0.3 is 5.97 Å². The molecule has 0 saturated carbocycles. The Morgan fingerprint density at radius 3 is 2.69 bits per heavy atom. The van der Waals surface area contributed by atoms with Gasteiger partial charge in [-0.05, 0) is 20.4 Å². The fourth-order valence-electron chi connectivity index (χ4n) is 1.62. The SMILES string of the molecule is CCN(CCn1ccnc1)C(C)(C)C(=O)O. The minimum Gasteiger partial charge on any atom is -0.480 e. The van der Waals surface area contributed by atoms with Gasteiger partial charge in [-0.3, -0.25) is 9.69 Å². The Kier molecular flexibility index (Phi) is 4.06. The van der Waals surface area contributed by atoms with Crippen molar-refractivity contribution in [2.24, 2.45) is 0 Å². The van der Waals surface area contributed by atoms with Crippen LogP contribution in [-0.2, 0) is 11.3 Å². The lowest BCUT2D eigenvalue weighted by Gasteiger charge is -2.34. The van der Waals surface area contributed by atoms with E-state index in [1.807, 2.05) is 22.6 Å². The summed E-state index contributed by atoms with van der Waals surface area (Å²) in [6.07, 6.45) is 5.34. The average Bonchev–Trinajstić information content (AvgIpc) is 2.71. The zero-order valence-electron chi connectivity index (χ0n) is 10.1. The Balaban J connectivity index is 2.59. The van der Waals surface area contributed by atoms with Crippen molar-refractivity contribution in [2.75, 3.05) is 13.1 Å². The molecule has 1 rings (SSSR count). The second-order valence-corrected chi connectivity index (χ2v) is 4.24. The number of hydrogen-bond acceptors (Lipinski definition) is 3. The number of hydrogen-bond donors (Lipinski definition) is 1. The Morgan fingerprint density at radius 2 is 2.25 bits per heavy atom. The van der Waals surface area contributed by atoms with Gasteiger partial charge < -0.3 is 9.67 Å². The Hall–Kier alpha value is -1.36. The van der Waals surface area contributed by atoms with Crippen LogP contribution < -0.4 is 0 Å². The van der Waals surface area contributed by atoms with Gasteiger partial charge in [-0.1, -0.05) is 6.92 Å². The molecule has 90 valence electrons. The summed E-state index contributed by atoms with van der Waals surface area (Å²) in [7, 11) is 0. The van der Waals surface area contributed by atoms with Gasteiger partial charge in [0.15, 0.2) is 0 Å². The van der Waals surface area contributed by atoms with Crippen LogP contribution in [0.4, 0.5) is 0 Å². The lowest BCUT2D eigenvalue weighted by molar-refractivity contribution is -0.149. The first-order valence-corrected chi connectivity index (χ1v) is 5.42. The summed E-state index contributed by atoms with van der Waals surface area (Å²) in [5.41, 5.74) is -0.824. The van der Waals surface area contributed by atoms with Crippen molar-refractivity contribution in [1.82, 2.24) is 14.5 Å². The normalized spacial score (nSPS) is 12.0. The number of carboxylic acid groups (broad SMARTS) is 1. The maximum absolute atomic E-state index is 11.1. The molecule has 1 aromatic heterocycles. The smallest absolute Gasteiger partial charge is 0.323 e. The Labute approximate surface area is 95.7 Å². The lowest BCUT2D eigenvalue weighted by Crippen LogP contribution is -2.51. The summed E-state index contributed by atoms with van der Waals surface area (Å²) in [5.74, 6) is -0.792. The predicted octanol–water partition coefficient (Wildman–Crippen LogP) is 1.07. The molecule has 1 aromatic rings. The van der Waals surface area contributed by atoms with Crippen molar-refractivity contribution in [3.05, 3.63) is 18.7 Å². The molecule has 0 fully saturated rings. The molecule has 5 nitrogen and oxygen atoms in total. The molecule has 16 heavy (non-hydrogen) atoms. The lowest BCUT2D eigenvalue weighted by atomic mass is 10.0. The highest BCUT2D eigenvalue weighted by Gasteiger charge is 2.33. The molecule has 0 radical (unpaired) electrons. The fourth-order valence-corrected chi connectivity index (χ4v) is 1.62. The molecular formula is C11H19N3O2. The van der Waals surface area contributed by atoms with E-state index in [1.54, 1.807) is 26.4 Å². The van der Waals surface area contributed by atoms with Crippen molar-refractivity contribution in [3.63, 3.8) is 0 Å². The first-order chi connectivity index (χ1) is 7.48. The molecule has 0 spiro atoms. The molecule has 5 heteroatoms. The fraction of sp³-hybridized carbons (Fsp3) is 0.636. The third kappa shape index (κ3) is 2.82. The third-order valence-electron chi connectivity index (χ3n) is 2.88. The number of rotatable bonds is 6. The van der Waals surface area contributed by atoms with E-state index < -0.39 is 11.5 Å². The van der Waals surface area contributed by atoms with E-state index in [0.717, 1.165) is 6.54 Å². The van der Waals surface area contributed by atoms with Crippen LogP contribution in [-0.4, -0.2) is 44.2 Å². The molecule has 0 amide bonds. The van der Waals surface area contributed by atoms with E-state index in [1.165, 1.54) is 0 Å². The van der Waals surface area contributed by atoms with Gasteiger partial charge in [-0.25, -0.2) is 4.98 Å².